The lowest BCUT2D eigenvalue weighted by molar-refractivity contribution is 0.0950. The Morgan fingerprint density at radius 2 is 2.05 bits per heavy atom. The van der Waals surface area contributed by atoms with Gasteiger partial charge in [0.1, 0.15) is 5.75 Å². The monoisotopic (exact) mass is 320 g/mol. The molecular formula is C14H13BrN2O2. The van der Waals surface area contributed by atoms with E-state index in [9.17, 15) is 9.90 Å². The van der Waals surface area contributed by atoms with Crippen LogP contribution in [0.2, 0.25) is 0 Å². The average Bonchev–Trinajstić information content (AvgIpc) is 2.39. The first-order chi connectivity index (χ1) is 9.06. The third kappa shape index (κ3) is 3.48. The van der Waals surface area contributed by atoms with Gasteiger partial charge in [-0.1, -0.05) is 28.1 Å². The fourth-order valence-electron chi connectivity index (χ4n) is 1.62. The van der Waals surface area contributed by atoms with Gasteiger partial charge in [-0.25, -0.2) is 0 Å². The Hall–Kier alpha value is -2.01. The maximum Gasteiger partial charge on any atom is 0.251 e. The van der Waals surface area contributed by atoms with E-state index in [1.54, 1.807) is 6.07 Å². The zero-order chi connectivity index (χ0) is 13.8. The van der Waals surface area contributed by atoms with Gasteiger partial charge in [0.05, 0.1) is 5.69 Å². The molecule has 0 spiro atoms. The summed E-state index contributed by atoms with van der Waals surface area (Å²) in [7, 11) is 0. The number of phenolic OH excluding ortho intramolecular Hbond substituents is 1. The van der Waals surface area contributed by atoms with Crippen LogP contribution in [0.4, 0.5) is 5.69 Å². The van der Waals surface area contributed by atoms with Crippen molar-refractivity contribution in [3.05, 3.63) is 58.1 Å². The van der Waals surface area contributed by atoms with Crippen LogP contribution in [0.15, 0.2) is 46.9 Å². The number of rotatable bonds is 3. The number of phenols is 1. The number of carbonyl (C=O) groups is 1. The van der Waals surface area contributed by atoms with Gasteiger partial charge in [0.25, 0.3) is 5.91 Å². The van der Waals surface area contributed by atoms with Crippen LogP contribution in [0.25, 0.3) is 0 Å². The lowest BCUT2D eigenvalue weighted by Gasteiger charge is -2.07. The minimum Gasteiger partial charge on any atom is -0.506 e. The molecule has 2 aromatic rings. The Balaban J connectivity index is 2.03. The number of hydrogen-bond donors (Lipinski definition) is 3. The summed E-state index contributed by atoms with van der Waals surface area (Å²) in [4.78, 5) is 11.9. The van der Waals surface area contributed by atoms with Gasteiger partial charge in [-0.05, 0) is 35.9 Å². The van der Waals surface area contributed by atoms with E-state index in [2.05, 4.69) is 21.2 Å². The van der Waals surface area contributed by atoms with Gasteiger partial charge in [-0.3, -0.25) is 4.79 Å². The lowest BCUT2D eigenvalue weighted by Crippen LogP contribution is -2.22. The maximum absolute atomic E-state index is 11.9. The van der Waals surface area contributed by atoms with Crippen LogP contribution >= 0.6 is 15.9 Å². The summed E-state index contributed by atoms with van der Waals surface area (Å²) in [5, 5.41) is 12.2. The maximum atomic E-state index is 11.9. The first kappa shape index (κ1) is 13.4. The number of hydrogen-bond acceptors (Lipinski definition) is 3. The summed E-state index contributed by atoms with van der Waals surface area (Å²) in [6.45, 7) is 0.420. The first-order valence-corrected chi connectivity index (χ1v) is 6.46. The predicted octanol–water partition coefficient (Wildman–Crippen LogP) is 2.67. The van der Waals surface area contributed by atoms with E-state index in [-0.39, 0.29) is 17.3 Å². The Morgan fingerprint density at radius 3 is 2.74 bits per heavy atom. The molecule has 0 saturated carbocycles. The third-order valence-electron chi connectivity index (χ3n) is 2.63. The molecule has 0 unspecified atom stereocenters. The Bertz CT molecular complexity index is 614. The number of aromatic hydroxyl groups is 1. The van der Waals surface area contributed by atoms with Gasteiger partial charge in [0, 0.05) is 16.6 Å². The summed E-state index contributed by atoms with van der Waals surface area (Å²) in [6, 6.07) is 12.1. The topological polar surface area (TPSA) is 75.4 Å². The van der Waals surface area contributed by atoms with Crippen LogP contribution in [0.1, 0.15) is 15.9 Å². The number of nitrogens with one attached hydrogen (secondary N) is 1. The standard InChI is InChI=1S/C14H13BrN2O2/c15-11-3-1-2-9(6-11)8-17-14(19)10-4-5-12(16)13(18)7-10/h1-7,18H,8,16H2,(H,17,19). The minimum absolute atomic E-state index is 0.0879. The summed E-state index contributed by atoms with van der Waals surface area (Å²) in [5.74, 6) is -0.342. The van der Waals surface area contributed by atoms with Crippen LogP contribution in [0.5, 0.6) is 5.75 Å². The number of amides is 1. The first-order valence-electron chi connectivity index (χ1n) is 5.67. The van der Waals surface area contributed by atoms with E-state index in [1.165, 1.54) is 12.1 Å². The molecule has 1 amide bonds. The molecule has 0 heterocycles. The van der Waals surface area contributed by atoms with Crippen LogP contribution in [-0.4, -0.2) is 11.0 Å². The van der Waals surface area contributed by atoms with Crippen molar-refractivity contribution in [2.75, 3.05) is 5.73 Å². The van der Waals surface area contributed by atoms with E-state index in [1.807, 2.05) is 24.3 Å². The van der Waals surface area contributed by atoms with Crippen LogP contribution in [-0.2, 0) is 6.54 Å². The van der Waals surface area contributed by atoms with Crippen molar-refractivity contribution < 1.29 is 9.90 Å². The summed E-state index contributed by atoms with van der Waals surface area (Å²) in [6.07, 6.45) is 0. The number of halogens is 1. The molecule has 0 aliphatic rings. The van der Waals surface area contributed by atoms with Gasteiger partial charge >= 0.3 is 0 Å². The molecule has 4 nitrogen and oxygen atoms in total. The molecule has 19 heavy (non-hydrogen) atoms. The van der Waals surface area contributed by atoms with E-state index < -0.39 is 0 Å². The fourth-order valence-corrected chi connectivity index (χ4v) is 2.06. The molecule has 0 saturated heterocycles. The van der Waals surface area contributed by atoms with Crippen molar-refractivity contribution in [2.45, 2.75) is 6.54 Å². The normalized spacial score (nSPS) is 10.2. The Morgan fingerprint density at radius 1 is 1.26 bits per heavy atom. The van der Waals surface area contributed by atoms with E-state index in [0.29, 0.717) is 12.1 Å². The van der Waals surface area contributed by atoms with Gasteiger partial charge < -0.3 is 16.2 Å². The molecule has 0 atom stereocenters. The van der Waals surface area contributed by atoms with Gasteiger partial charge in [-0.2, -0.15) is 0 Å². The number of benzene rings is 2. The van der Waals surface area contributed by atoms with Crippen molar-refractivity contribution >= 4 is 27.5 Å². The molecule has 2 rings (SSSR count). The molecule has 0 bridgehead atoms. The second-order valence-corrected chi connectivity index (χ2v) is 5.00. The molecule has 5 heteroatoms. The highest BCUT2D eigenvalue weighted by atomic mass is 79.9. The summed E-state index contributed by atoms with van der Waals surface area (Å²) < 4.78 is 0.962. The van der Waals surface area contributed by atoms with Crippen molar-refractivity contribution in [3.63, 3.8) is 0 Å². The number of nitrogens with two attached hydrogens (primary N) is 1. The van der Waals surface area contributed by atoms with Crippen molar-refractivity contribution in [3.8, 4) is 5.75 Å². The van der Waals surface area contributed by atoms with E-state index in [0.717, 1.165) is 10.0 Å². The highest BCUT2D eigenvalue weighted by molar-refractivity contribution is 9.10. The zero-order valence-corrected chi connectivity index (χ0v) is 11.6. The number of carbonyl (C=O) groups excluding carboxylic acids is 1. The highest BCUT2D eigenvalue weighted by Gasteiger charge is 2.07. The average molecular weight is 321 g/mol. The Kier molecular flexibility index (Phi) is 4.06. The highest BCUT2D eigenvalue weighted by Crippen LogP contribution is 2.20. The van der Waals surface area contributed by atoms with Crippen LogP contribution < -0.4 is 11.1 Å². The van der Waals surface area contributed by atoms with E-state index >= 15 is 0 Å². The molecule has 0 fully saturated rings. The van der Waals surface area contributed by atoms with Crippen molar-refractivity contribution in [2.24, 2.45) is 0 Å². The zero-order valence-electron chi connectivity index (χ0n) is 10.1. The van der Waals surface area contributed by atoms with Crippen molar-refractivity contribution in [1.29, 1.82) is 0 Å². The van der Waals surface area contributed by atoms with Gasteiger partial charge in [0.15, 0.2) is 0 Å². The Labute approximate surface area is 119 Å². The van der Waals surface area contributed by atoms with Gasteiger partial charge in [0.2, 0.25) is 0 Å². The molecule has 98 valence electrons. The SMILES string of the molecule is Nc1ccc(C(=O)NCc2cccc(Br)c2)cc1O. The quantitative estimate of drug-likeness (QED) is 0.601. The van der Waals surface area contributed by atoms with Gasteiger partial charge in [-0.15, -0.1) is 0 Å². The molecule has 0 aliphatic heterocycles. The van der Waals surface area contributed by atoms with Crippen LogP contribution in [0.3, 0.4) is 0 Å². The molecule has 4 N–H and O–H groups in total. The molecule has 0 aromatic heterocycles. The third-order valence-corrected chi connectivity index (χ3v) is 3.13. The fraction of sp³-hybridized carbons (Fsp3) is 0.0714. The molecular weight excluding hydrogens is 308 g/mol. The molecule has 0 aliphatic carbocycles. The van der Waals surface area contributed by atoms with Crippen LogP contribution in [0, 0.1) is 0 Å². The molecule has 0 radical (unpaired) electrons. The number of anilines is 1. The van der Waals surface area contributed by atoms with E-state index in [4.69, 9.17) is 5.73 Å². The summed E-state index contributed by atoms with van der Waals surface area (Å²) >= 11 is 3.37. The summed E-state index contributed by atoms with van der Waals surface area (Å²) in [5.41, 5.74) is 7.10. The smallest absolute Gasteiger partial charge is 0.251 e. The predicted molar refractivity (Wildman–Crippen MR) is 77.8 cm³/mol. The van der Waals surface area contributed by atoms with Crippen molar-refractivity contribution in [1.82, 2.24) is 5.32 Å². The molecule has 2 aromatic carbocycles. The minimum atomic E-state index is -0.254. The number of nitrogen functional groups attached to an aromatic ring is 1. The lowest BCUT2D eigenvalue weighted by atomic mass is 10.1. The largest absolute Gasteiger partial charge is 0.506 e. The second kappa shape index (κ2) is 5.75. The second-order valence-electron chi connectivity index (χ2n) is 4.09.